The monoisotopic (exact) mass is 296 g/mol. The van der Waals surface area contributed by atoms with Crippen LogP contribution in [0.4, 0.5) is 0 Å². The van der Waals surface area contributed by atoms with Gasteiger partial charge in [-0.2, -0.15) is 0 Å². The summed E-state index contributed by atoms with van der Waals surface area (Å²) < 4.78 is 6.38. The second-order valence-electron chi connectivity index (χ2n) is 7.41. The Hall–Kier alpha value is -1.96. The van der Waals surface area contributed by atoms with E-state index in [-0.39, 0.29) is 5.41 Å². The molecule has 3 rings (SSSR count). The highest BCUT2D eigenvalue weighted by molar-refractivity contribution is 5.48. The van der Waals surface area contributed by atoms with E-state index in [0.29, 0.717) is 5.75 Å². The lowest BCUT2D eigenvalue weighted by atomic mass is 9.71. The van der Waals surface area contributed by atoms with Gasteiger partial charge in [-0.1, -0.05) is 38.1 Å². The lowest BCUT2D eigenvalue weighted by Crippen LogP contribution is -2.41. The van der Waals surface area contributed by atoms with Gasteiger partial charge in [0.15, 0.2) is 0 Å². The van der Waals surface area contributed by atoms with Crippen LogP contribution in [0, 0.1) is 13.8 Å². The van der Waals surface area contributed by atoms with Crippen LogP contribution in [0.2, 0.25) is 0 Å². The smallest absolute Gasteiger partial charge is 0.136 e. The molecule has 1 aliphatic heterocycles. The van der Waals surface area contributed by atoms with Crippen molar-refractivity contribution >= 4 is 0 Å². The first-order chi connectivity index (χ1) is 10.2. The summed E-state index contributed by atoms with van der Waals surface area (Å²) in [6, 6.07) is 12.2. The molecular weight excluding hydrogens is 272 g/mol. The molecule has 0 bridgehead atoms. The Morgan fingerprint density at radius 1 is 0.909 bits per heavy atom. The number of rotatable bonds is 1. The van der Waals surface area contributed by atoms with Crippen LogP contribution >= 0.6 is 0 Å². The summed E-state index contributed by atoms with van der Waals surface area (Å²) >= 11 is 0. The van der Waals surface area contributed by atoms with Gasteiger partial charge in [0.2, 0.25) is 0 Å². The van der Waals surface area contributed by atoms with Gasteiger partial charge in [-0.05, 0) is 55.0 Å². The van der Waals surface area contributed by atoms with Crippen molar-refractivity contribution in [2.24, 2.45) is 0 Å². The highest BCUT2D eigenvalue weighted by atomic mass is 16.5. The highest BCUT2D eigenvalue weighted by Crippen LogP contribution is 2.50. The SMILES string of the molecule is Cc1ccc(C2(C)CC(C)(C)c3ccc(C)cc3O2)c(O)c1. The predicted molar refractivity (Wildman–Crippen MR) is 89.6 cm³/mol. The average Bonchev–Trinajstić information content (AvgIpc) is 2.35. The van der Waals surface area contributed by atoms with E-state index in [2.05, 4.69) is 45.9 Å². The third kappa shape index (κ3) is 2.37. The largest absolute Gasteiger partial charge is 0.508 e. The van der Waals surface area contributed by atoms with Crippen molar-refractivity contribution in [2.45, 2.75) is 52.1 Å². The van der Waals surface area contributed by atoms with E-state index in [1.807, 2.05) is 25.1 Å². The van der Waals surface area contributed by atoms with Crippen LogP contribution in [-0.4, -0.2) is 5.11 Å². The second-order valence-corrected chi connectivity index (χ2v) is 7.41. The Labute approximate surface area is 132 Å². The van der Waals surface area contributed by atoms with Crippen molar-refractivity contribution < 1.29 is 9.84 Å². The molecule has 2 nitrogen and oxygen atoms in total. The van der Waals surface area contributed by atoms with Gasteiger partial charge < -0.3 is 9.84 Å². The summed E-state index contributed by atoms with van der Waals surface area (Å²) in [5.74, 6) is 1.24. The number of aromatic hydroxyl groups is 1. The maximum atomic E-state index is 10.4. The quantitative estimate of drug-likeness (QED) is 0.803. The number of hydrogen-bond acceptors (Lipinski definition) is 2. The lowest BCUT2D eigenvalue weighted by molar-refractivity contribution is 0.0304. The summed E-state index contributed by atoms with van der Waals surface area (Å²) in [7, 11) is 0. The van der Waals surface area contributed by atoms with E-state index >= 15 is 0 Å². The van der Waals surface area contributed by atoms with Crippen molar-refractivity contribution in [3.63, 3.8) is 0 Å². The number of fused-ring (bicyclic) bond motifs is 1. The molecule has 0 aromatic heterocycles. The third-order valence-corrected chi connectivity index (χ3v) is 4.70. The van der Waals surface area contributed by atoms with Crippen LogP contribution in [0.3, 0.4) is 0 Å². The van der Waals surface area contributed by atoms with Crippen molar-refractivity contribution in [3.05, 3.63) is 58.7 Å². The molecule has 0 amide bonds. The first-order valence-corrected chi connectivity index (χ1v) is 7.82. The zero-order valence-corrected chi connectivity index (χ0v) is 14.0. The molecule has 0 aliphatic carbocycles. The maximum Gasteiger partial charge on any atom is 0.136 e. The van der Waals surface area contributed by atoms with Crippen LogP contribution in [0.5, 0.6) is 11.5 Å². The molecule has 1 aliphatic rings. The zero-order valence-electron chi connectivity index (χ0n) is 14.0. The first-order valence-electron chi connectivity index (χ1n) is 7.82. The van der Waals surface area contributed by atoms with Crippen LogP contribution in [0.15, 0.2) is 36.4 Å². The Morgan fingerprint density at radius 3 is 2.14 bits per heavy atom. The molecular formula is C20H24O2. The fraction of sp³-hybridized carbons (Fsp3) is 0.400. The standard InChI is InChI=1S/C20H24O2/c1-13-6-8-15(17(21)10-13)20(5)12-19(3,4)16-9-7-14(2)11-18(16)22-20/h6-11,21H,12H2,1-5H3. The van der Waals surface area contributed by atoms with Gasteiger partial charge in [-0.15, -0.1) is 0 Å². The topological polar surface area (TPSA) is 29.5 Å². The van der Waals surface area contributed by atoms with Crippen LogP contribution in [0.1, 0.15) is 49.4 Å². The molecule has 22 heavy (non-hydrogen) atoms. The second kappa shape index (κ2) is 4.77. The highest BCUT2D eigenvalue weighted by Gasteiger charge is 2.44. The molecule has 2 aromatic carbocycles. The molecule has 0 spiro atoms. The molecule has 0 radical (unpaired) electrons. The Balaban J connectivity index is 2.13. The molecule has 0 saturated carbocycles. The Morgan fingerprint density at radius 2 is 1.50 bits per heavy atom. The van der Waals surface area contributed by atoms with Gasteiger partial charge in [0, 0.05) is 12.0 Å². The Kier molecular flexibility index (Phi) is 3.24. The van der Waals surface area contributed by atoms with Gasteiger partial charge in [0.25, 0.3) is 0 Å². The summed E-state index contributed by atoms with van der Waals surface area (Å²) in [5.41, 5.74) is 3.80. The Bertz CT molecular complexity index is 730. The number of hydrogen-bond donors (Lipinski definition) is 1. The van der Waals surface area contributed by atoms with Crippen molar-refractivity contribution in [1.29, 1.82) is 0 Å². The number of benzene rings is 2. The minimum atomic E-state index is -0.526. The van der Waals surface area contributed by atoms with E-state index in [0.717, 1.165) is 23.3 Å². The van der Waals surface area contributed by atoms with Crippen LogP contribution in [0.25, 0.3) is 0 Å². The molecule has 0 fully saturated rings. The zero-order chi connectivity index (χ0) is 16.1. The summed E-state index contributed by atoms with van der Waals surface area (Å²) in [6.45, 7) is 10.6. The third-order valence-electron chi connectivity index (χ3n) is 4.70. The fourth-order valence-electron chi connectivity index (χ4n) is 3.73. The van der Waals surface area contributed by atoms with Gasteiger partial charge in [0.05, 0.1) is 0 Å². The van der Waals surface area contributed by atoms with E-state index < -0.39 is 5.60 Å². The first kappa shape index (κ1) is 15.0. The minimum absolute atomic E-state index is 0.00659. The van der Waals surface area contributed by atoms with E-state index in [1.165, 1.54) is 11.1 Å². The molecule has 2 aromatic rings. The van der Waals surface area contributed by atoms with Gasteiger partial charge >= 0.3 is 0 Å². The fourth-order valence-corrected chi connectivity index (χ4v) is 3.73. The molecule has 0 saturated heterocycles. The number of aryl methyl sites for hydroxylation is 2. The number of phenolic OH excluding ortho intramolecular Hbond substituents is 1. The van der Waals surface area contributed by atoms with Gasteiger partial charge in [-0.3, -0.25) is 0 Å². The number of phenols is 1. The lowest BCUT2D eigenvalue weighted by Gasteiger charge is -2.44. The van der Waals surface area contributed by atoms with Crippen molar-refractivity contribution in [2.75, 3.05) is 0 Å². The van der Waals surface area contributed by atoms with Crippen LogP contribution < -0.4 is 4.74 Å². The molecule has 1 unspecified atom stereocenters. The van der Waals surface area contributed by atoms with Gasteiger partial charge in [0.1, 0.15) is 17.1 Å². The van der Waals surface area contributed by atoms with E-state index in [1.54, 1.807) is 0 Å². The van der Waals surface area contributed by atoms with Gasteiger partial charge in [-0.25, -0.2) is 0 Å². The van der Waals surface area contributed by atoms with Crippen molar-refractivity contribution in [3.8, 4) is 11.5 Å². The number of ether oxygens (including phenoxy) is 1. The van der Waals surface area contributed by atoms with E-state index in [9.17, 15) is 5.11 Å². The molecule has 1 heterocycles. The normalized spacial score (nSPS) is 22.8. The predicted octanol–water partition coefficient (Wildman–Crippen LogP) is 4.98. The molecule has 116 valence electrons. The average molecular weight is 296 g/mol. The van der Waals surface area contributed by atoms with Crippen LogP contribution in [-0.2, 0) is 11.0 Å². The summed E-state index contributed by atoms with van der Waals surface area (Å²) in [4.78, 5) is 0. The maximum absolute atomic E-state index is 10.4. The van der Waals surface area contributed by atoms with E-state index in [4.69, 9.17) is 4.74 Å². The summed E-state index contributed by atoms with van der Waals surface area (Å²) in [6.07, 6.45) is 0.826. The van der Waals surface area contributed by atoms with Crippen molar-refractivity contribution in [1.82, 2.24) is 0 Å². The molecule has 2 heteroatoms. The molecule has 1 N–H and O–H groups in total. The summed E-state index contributed by atoms with van der Waals surface area (Å²) in [5, 5.41) is 10.4. The minimum Gasteiger partial charge on any atom is -0.508 e. The molecule has 1 atom stereocenters.